The number of ether oxygens (including phenoxy) is 2. The number of nitrogens with one attached hydrogen (secondary N) is 2. The van der Waals surface area contributed by atoms with E-state index >= 15 is 0 Å². The molecule has 1 aromatic heterocycles. The lowest BCUT2D eigenvalue weighted by Crippen LogP contribution is -2.39. The molecule has 1 aliphatic rings. The molecule has 1 heterocycles. The topological polar surface area (TPSA) is 101 Å². The number of pyridine rings is 1. The number of para-hydroxylation sites is 1. The summed E-state index contributed by atoms with van der Waals surface area (Å²) < 4.78 is 13.4. The van der Waals surface area contributed by atoms with Crippen molar-refractivity contribution in [2.24, 2.45) is 0 Å². The number of halogens is 1. The number of anilines is 1. The van der Waals surface area contributed by atoms with Gasteiger partial charge in [0.15, 0.2) is 12.4 Å². The van der Waals surface area contributed by atoms with Gasteiger partial charge in [0.05, 0.1) is 23.6 Å². The van der Waals surface area contributed by atoms with Crippen molar-refractivity contribution in [3.8, 4) is 11.1 Å². The lowest BCUT2D eigenvalue weighted by atomic mass is 10.1. The second-order valence-corrected chi connectivity index (χ2v) is 11.1. The van der Waals surface area contributed by atoms with E-state index in [4.69, 9.17) is 9.47 Å². The molecule has 0 unspecified atom stereocenters. The smallest absolute Gasteiger partial charge is 0.407 e. The second kappa shape index (κ2) is 14.7. The van der Waals surface area contributed by atoms with E-state index < -0.39 is 12.2 Å². The Bertz CT molecular complexity index is 1590. The summed E-state index contributed by atoms with van der Waals surface area (Å²) in [6.07, 6.45) is 3.43. The standard InChI is InChI=1S/C34H33BrN4O5/c1-2-17-38-22-24(21-25(35)23-38)32(40)39(26-10-4-3-5-11-26)18-20-44-33(41)36-16-19-43-34(42)37-31-29-14-8-6-12-27(29)28-13-7-9-15-30(28)31/h3-15,21-23,31H,2,16-20H2,1H3,(H-,36,37,41,42)/p+1. The van der Waals surface area contributed by atoms with Crippen molar-refractivity contribution in [2.75, 3.05) is 31.2 Å². The minimum absolute atomic E-state index is 0.0305. The molecule has 5 rings (SSSR count). The zero-order valence-electron chi connectivity index (χ0n) is 24.4. The number of amides is 3. The van der Waals surface area contributed by atoms with Crippen molar-refractivity contribution in [2.45, 2.75) is 25.9 Å². The van der Waals surface area contributed by atoms with Crippen molar-refractivity contribution in [3.63, 3.8) is 0 Å². The summed E-state index contributed by atoms with van der Waals surface area (Å²) in [5.74, 6) is -0.210. The number of hydrogen-bond acceptors (Lipinski definition) is 5. The van der Waals surface area contributed by atoms with Gasteiger partial charge in [-0.15, -0.1) is 0 Å². The number of carbonyl (C=O) groups is 3. The Morgan fingerprint density at radius 3 is 2.16 bits per heavy atom. The maximum Gasteiger partial charge on any atom is 0.407 e. The summed E-state index contributed by atoms with van der Waals surface area (Å²) in [5.41, 5.74) is 5.40. The lowest BCUT2D eigenvalue weighted by Gasteiger charge is -2.22. The van der Waals surface area contributed by atoms with Gasteiger partial charge in [0.1, 0.15) is 25.3 Å². The van der Waals surface area contributed by atoms with Crippen LogP contribution in [-0.4, -0.2) is 44.4 Å². The summed E-state index contributed by atoms with van der Waals surface area (Å²) in [4.78, 5) is 40.1. The molecule has 10 heteroatoms. The molecule has 0 spiro atoms. The molecule has 0 radical (unpaired) electrons. The van der Waals surface area contributed by atoms with E-state index in [1.807, 2.05) is 95.8 Å². The van der Waals surface area contributed by atoms with E-state index in [2.05, 4.69) is 33.5 Å². The van der Waals surface area contributed by atoms with Crippen LogP contribution >= 0.6 is 15.9 Å². The average molecular weight is 659 g/mol. The number of hydrogen-bond donors (Lipinski definition) is 2. The van der Waals surface area contributed by atoms with Gasteiger partial charge in [-0.25, -0.2) is 14.2 Å². The van der Waals surface area contributed by atoms with Gasteiger partial charge in [0.2, 0.25) is 0 Å². The summed E-state index contributed by atoms with van der Waals surface area (Å²) in [6.45, 7) is 3.01. The number of benzene rings is 3. The third kappa shape index (κ3) is 7.44. The van der Waals surface area contributed by atoms with Crippen LogP contribution in [0.5, 0.6) is 0 Å². The average Bonchev–Trinajstić information content (AvgIpc) is 3.35. The monoisotopic (exact) mass is 657 g/mol. The molecule has 44 heavy (non-hydrogen) atoms. The van der Waals surface area contributed by atoms with E-state index in [1.165, 1.54) is 0 Å². The van der Waals surface area contributed by atoms with Crippen LogP contribution in [-0.2, 0) is 16.0 Å². The quantitative estimate of drug-likeness (QED) is 0.152. The number of aryl methyl sites for hydroxylation is 1. The van der Waals surface area contributed by atoms with Gasteiger partial charge in [-0.2, -0.15) is 0 Å². The Hall–Kier alpha value is -4.70. The van der Waals surface area contributed by atoms with E-state index in [9.17, 15) is 14.4 Å². The SMILES string of the molecule is CCC[n+]1cc(Br)cc(C(=O)N(CCOC(=O)NCCOC(=O)NC2c3ccccc3-c3ccccc32)c2ccccc2)c1. The molecule has 0 atom stereocenters. The van der Waals surface area contributed by atoms with E-state index in [0.29, 0.717) is 11.3 Å². The highest BCUT2D eigenvalue weighted by atomic mass is 79.9. The normalized spacial score (nSPS) is 11.7. The molecule has 0 fully saturated rings. The molecule has 3 amide bonds. The van der Waals surface area contributed by atoms with Crippen LogP contribution in [0.25, 0.3) is 11.1 Å². The van der Waals surface area contributed by atoms with Gasteiger partial charge in [0.25, 0.3) is 5.91 Å². The molecule has 9 nitrogen and oxygen atoms in total. The predicted octanol–water partition coefficient (Wildman–Crippen LogP) is 6.02. The van der Waals surface area contributed by atoms with Gasteiger partial charge < -0.3 is 25.0 Å². The van der Waals surface area contributed by atoms with Gasteiger partial charge in [0, 0.05) is 12.1 Å². The van der Waals surface area contributed by atoms with Crippen LogP contribution < -0.4 is 20.1 Å². The van der Waals surface area contributed by atoms with Crippen molar-refractivity contribution in [1.29, 1.82) is 0 Å². The van der Waals surface area contributed by atoms with Gasteiger partial charge >= 0.3 is 12.2 Å². The predicted molar refractivity (Wildman–Crippen MR) is 170 cm³/mol. The van der Waals surface area contributed by atoms with Crippen molar-refractivity contribution < 1.29 is 28.4 Å². The maximum atomic E-state index is 13.5. The van der Waals surface area contributed by atoms with Gasteiger partial charge in [-0.1, -0.05) is 73.7 Å². The first kappa shape index (κ1) is 30.7. The van der Waals surface area contributed by atoms with Crippen LogP contribution in [0.15, 0.2) is 102 Å². The summed E-state index contributed by atoms with van der Waals surface area (Å²) in [5, 5.41) is 5.52. The molecule has 0 saturated carbocycles. The minimum Gasteiger partial charge on any atom is -0.448 e. The largest absolute Gasteiger partial charge is 0.448 e. The van der Waals surface area contributed by atoms with Crippen LogP contribution in [0.2, 0.25) is 0 Å². The number of carbonyl (C=O) groups excluding carboxylic acids is 3. The molecule has 2 N–H and O–H groups in total. The summed E-state index contributed by atoms with van der Waals surface area (Å²) >= 11 is 3.50. The Kier molecular flexibility index (Phi) is 10.2. The van der Waals surface area contributed by atoms with Crippen LogP contribution in [0, 0.1) is 0 Å². The van der Waals surface area contributed by atoms with Crippen molar-refractivity contribution in [3.05, 3.63) is 118 Å². The molecule has 3 aromatic carbocycles. The Balaban J connectivity index is 1.09. The van der Waals surface area contributed by atoms with Crippen LogP contribution in [0.3, 0.4) is 0 Å². The number of fused-ring (bicyclic) bond motifs is 3. The molecular formula is C34H34BrN4O5+. The second-order valence-electron chi connectivity index (χ2n) is 10.2. The van der Waals surface area contributed by atoms with Crippen molar-refractivity contribution >= 4 is 39.7 Å². The number of nitrogens with zero attached hydrogens (tertiary/aromatic N) is 2. The van der Waals surface area contributed by atoms with E-state index in [1.54, 1.807) is 11.0 Å². The van der Waals surface area contributed by atoms with E-state index in [0.717, 1.165) is 39.7 Å². The highest BCUT2D eigenvalue weighted by molar-refractivity contribution is 9.10. The maximum absolute atomic E-state index is 13.5. The Morgan fingerprint density at radius 2 is 1.48 bits per heavy atom. The molecule has 1 aliphatic carbocycles. The van der Waals surface area contributed by atoms with Crippen LogP contribution in [0.1, 0.15) is 40.9 Å². The molecule has 4 aromatic rings. The summed E-state index contributed by atoms with van der Waals surface area (Å²) in [6, 6.07) is 26.6. The number of aromatic nitrogens is 1. The first-order valence-corrected chi connectivity index (χ1v) is 15.3. The third-order valence-electron chi connectivity index (χ3n) is 7.18. The Labute approximate surface area is 264 Å². The Morgan fingerprint density at radius 1 is 0.841 bits per heavy atom. The fourth-order valence-corrected chi connectivity index (χ4v) is 5.77. The minimum atomic E-state index is -0.670. The number of alkyl carbamates (subject to hydrolysis) is 2. The van der Waals surface area contributed by atoms with Crippen molar-refractivity contribution in [1.82, 2.24) is 10.6 Å². The van der Waals surface area contributed by atoms with Gasteiger partial charge in [-0.05, 0) is 56.4 Å². The molecule has 0 bridgehead atoms. The third-order valence-corrected chi connectivity index (χ3v) is 7.61. The number of rotatable bonds is 11. The van der Waals surface area contributed by atoms with Crippen LogP contribution in [0.4, 0.5) is 15.3 Å². The zero-order chi connectivity index (χ0) is 30.9. The molecule has 226 valence electrons. The fourth-order valence-electron chi connectivity index (χ4n) is 5.26. The first-order valence-electron chi connectivity index (χ1n) is 14.5. The van der Waals surface area contributed by atoms with E-state index in [-0.39, 0.29) is 38.3 Å². The first-order chi connectivity index (χ1) is 21.4. The molecule has 0 saturated heterocycles. The van der Waals surface area contributed by atoms with Gasteiger partial charge in [-0.3, -0.25) is 4.79 Å². The molecular weight excluding hydrogens is 624 g/mol. The fraction of sp³-hybridized carbons (Fsp3) is 0.235. The lowest BCUT2D eigenvalue weighted by molar-refractivity contribution is -0.697. The highest BCUT2D eigenvalue weighted by Crippen LogP contribution is 2.43. The molecule has 0 aliphatic heterocycles. The zero-order valence-corrected chi connectivity index (χ0v) is 26.0. The summed E-state index contributed by atoms with van der Waals surface area (Å²) in [7, 11) is 0. The highest BCUT2D eigenvalue weighted by Gasteiger charge is 2.29.